The van der Waals surface area contributed by atoms with Crippen LogP contribution in [0, 0.1) is 11.6 Å². The third-order valence-corrected chi connectivity index (χ3v) is 2.38. The molecule has 3 nitrogen and oxygen atoms in total. The molecule has 110 valence electrons. The normalized spacial score (nSPS) is 10.4. The van der Waals surface area contributed by atoms with Gasteiger partial charge in [-0.2, -0.15) is 5.10 Å². The zero-order chi connectivity index (χ0) is 13.8. The molecule has 1 aromatic heterocycles. The Hall–Kier alpha value is -1.76. The molecule has 2 aromatic rings. The van der Waals surface area contributed by atoms with E-state index in [1.54, 1.807) is 0 Å². The van der Waals surface area contributed by atoms with E-state index in [1.807, 2.05) is 0 Å². The number of benzene rings is 1. The fourth-order valence-corrected chi connectivity index (χ4v) is 1.61. The SMILES string of the molecule is Cl.Fc1cc(F)cc(CNc2cnn(CC(F)F)c2)c1. The predicted octanol–water partition coefficient (Wildman–Crippen LogP) is 3.46. The molecule has 0 saturated heterocycles. The minimum absolute atomic E-state index is 0. The largest absolute Gasteiger partial charge is 0.378 e. The third-order valence-electron chi connectivity index (χ3n) is 2.38. The second-order valence-corrected chi connectivity index (χ2v) is 3.97. The van der Waals surface area contributed by atoms with Gasteiger partial charge in [0.25, 0.3) is 6.43 Å². The average Bonchev–Trinajstić information content (AvgIpc) is 2.72. The minimum Gasteiger partial charge on any atom is -0.378 e. The van der Waals surface area contributed by atoms with Gasteiger partial charge in [-0.1, -0.05) is 0 Å². The Morgan fingerprint density at radius 3 is 2.40 bits per heavy atom. The summed E-state index contributed by atoms with van der Waals surface area (Å²) in [6.45, 7) is -0.314. The van der Waals surface area contributed by atoms with E-state index in [9.17, 15) is 17.6 Å². The van der Waals surface area contributed by atoms with Gasteiger partial charge in [-0.05, 0) is 17.7 Å². The summed E-state index contributed by atoms with van der Waals surface area (Å²) >= 11 is 0. The molecule has 0 radical (unpaired) electrons. The Labute approximate surface area is 119 Å². The number of hydrogen-bond donors (Lipinski definition) is 1. The van der Waals surface area contributed by atoms with Crippen LogP contribution in [0.15, 0.2) is 30.6 Å². The van der Waals surface area contributed by atoms with E-state index < -0.39 is 24.6 Å². The highest BCUT2D eigenvalue weighted by molar-refractivity contribution is 5.85. The Bertz CT molecular complexity index is 539. The van der Waals surface area contributed by atoms with Crippen molar-refractivity contribution in [3.63, 3.8) is 0 Å². The van der Waals surface area contributed by atoms with Crippen molar-refractivity contribution in [2.45, 2.75) is 19.5 Å². The number of aromatic nitrogens is 2. The number of hydrogen-bond acceptors (Lipinski definition) is 2. The van der Waals surface area contributed by atoms with Crippen molar-refractivity contribution in [1.82, 2.24) is 9.78 Å². The predicted molar refractivity (Wildman–Crippen MR) is 69.2 cm³/mol. The molecule has 0 unspecified atom stereocenters. The number of rotatable bonds is 5. The monoisotopic (exact) mass is 309 g/mol. The van der Waals surface area contributed by atoms with Crippen molar-refractivity contribution >= 4 is 18.1 Å². The summed E-state index contributed by atoms with van der Waals surface area (Å²) in [5.41, 5.74) is 0.921. The van der Waals surface area contributed by atoms with E-state index >= 15 is 0 Å². The van der Waals surface area contributed by atoms with Gasteiger partial charge in [0.2, 0.25) is 0 Å². The van der Waals surface area contributed by atoms with Gasteiger partial charge in [0, 0.05) is 18.8 Å². The molecule has 0 aliphatic heterocycles. The van der Waals surface area contributed by atoms with Gasteiger partial charge in [0.15, 0.2) is 0 Å². The van der Waals surface area contributed by atoms with Gasteiger partial charge in [0.05, 0.1) is 11.9 Å². The maximum absolute atomic E-state index is 12.9. The topological polar surface area (TPSA) is 29.9 Å². The quantitative estimate of drug-likeness (QED) is 0.857. The van der Waals surface area contributed by atoms with Gasteiger partial charge in [-0.25, -0.2) is 17.6 Å². The van der Waals surface area contributed by atoms with E-state index in [1.165, 1.54) is 24.5 Å². The van der Waals surface area contributed by atoms with Crippen molar-refractivity contribution in [2.24, 2.45) is 0 Å². The van der Waals surface area contributed by atoms with Crippen LogP contribution >= 0.6 is 12.4 Å². The zero-order valence-electron chi connectivity index (χ0n) is 10.2. The molecular formula is C12H12ClF4N3. The van der Waals surface area contributed by atoms with Crippen LogP contribution in [0.1, 0.15) is 5.56 Å². The lowest BCUT2D eigenvalue weighted by Crippen LogP contribution is -2.06. The highest BCUT2D eigenvalue weighted by Crippen LogP contribution is 2.12. The van der Waals surface area contributed by atoms with Crippen LogP contribution in [0.2, 0.25) is 0 Å². The molecule has 0 bridgehead atoms. The Balaban J connectivity index is 0.00000200. The molecule has 20 heavy (non-hydrogen) atoms. The zero-order valence-corrected chi connectivity index (χ0v) is 11.0. The van der Waals surface area contributed by atoms with Crippen molar-refractivity contribution in [2.75, 3.05) is 5.32 Å². The van der Waals surface area contributed by atoms with Gasteiger partial charge in [-0.15, -0.1) is 12.4 Å². The molecule has 8 heteroatoms. The van der Waals surface area contributed by atoms with Crippen LogP contribution < -0.4 is 5.32 Å². The summed E-state index contributed by atoms with van der Waals surface area (Å²) in [4.78, 5) is 0. The molecule has 0 aliphatic rings. The van der Waals surface area contributed by atoms with Crippen LogP contribution in [0.3, 0.4) is 0 Å². The lowest BCUT2D eigenvalue weighted by molar-refractivity contribution is 0.122. The first-order valence-electron chi connectivity index (χ1n) is 5.52. The Kier molecular flexibility index (Phi) is 5.82. The second kappa shape index (κ2) is 7.14. The summed E-state index contributed by atoms with van der Waals surface area (Å²) in [5.74, 6) is -1.32. The number of anilines is 1. The minimum atomic E-state index is -2.48. The van der Waals surface area contributed by atoms with Gasteiger partial charge in [-0.3, -0.25) is 4.68 Å². The molecule has 1 N–H and O–H groups in total. The Morgan fingerprint density at radius 2 is 1.80 bits per heavy atom. The number of nitrogens with zero attached hydrogens (tertiary/aromatic N) is 2. The molecule has 0 spiro atoms. The van der Waals surface area contributed by atoms with E-state index in [-0.39, 0.29) is 19.0 Å². The van der Waals surface area contributed by atoms with E-state index in [0.29, 0.717) is 11.3 Å². The standard InChI is InChI=1S/C12H11F4N3.ClH/c13-9-1-8(2-10(14)3-9)4-17-11-5-18-19(6-11)7-12(15)16;/h1-3,5-6,12,17H,4,7H2;1H. The highest BCUT2D eigenvalue weighted by atomic mass is 35.5. The van der Waals surface area contributed by atoms with Gasteiger partial charge < -0.3 is 5.32 Å². The second-order valence-electron chi connectivity index (χ2n) is 3.97. The lowest BCUT2D eigenvalue weighted by Gasteiger charge is -2.04. The molecule has 1 heterocycles. The summed E-state index contributed by atoms with van der Waals surface area (Å²) in [6, 6.07) is 3.17. The van der Waals surface area contributed by atoms with E-state index in [2.05, 4.69) is 10.4 Å². The molecule has 0 saturated carbocycles. The number of nitrogens with one attached hydrogen (secondary N) is 1. The molecule has 1 aromatic carbocycles. The van der Waals surface area contributed by atoms with Crippen molar-refractivity contribution < 1.29 is 17.6 Å². The van der Waals surface area contributed by atoms with Gasteiger partial charge in [0.1, 0.15) is 18.2 Å². The number of alkyl halides is 2. The Morgan fingerprint density at radius 1 is 1.15 bits per heavy atom. The summed E-state index contributed by atoms with van der Waals surface area (Å²) in [5, 5.41) is 6.58. The highest BCUT2D eigenvalue weighted by Gasteiger charge is 2.06. The first-order chi connectivity index (χ1) is 9.02. The number of halogens is 5. The molecular weight excluding hydrogens is 298 g/mol. The smallest absolute Gasteiger partial charge is 0.257 e. The first-order valence-corrected chi connectivity index (χ1v) is 5.52. The van der Waals surface area contributed by atoms with E-state index in [4.69, 9.17) is 0 Å². The summed E-state index contributed by atoms with van der Waals surface area (Å²) < 4.78 is 51.2. The average molecular weight is 310 g/mol. The van der Waals surface area contributed by atoms with Crippen molar-refractivity contribution in [1.29, 1.82) is 0 Å². The van der Waals surface area contributed by atoms with Crippen LogP contribution in [-0.4, -0.2) is 16.2 Å². The maximum Gasteiger partial charge on any atom is 0.257 e. The first kappa shape index (κ1) is 16.3. The lowest BCUT2D eigenvalue weighted by atomic mass is 10.2. The van der Waals surface area contributed by atoms with Crippen LogP contribution in [0.5, 0.6) is 0 Å². The molecule has 0 fully saturated rings. The fourth-order valence-electron chi connectivity index (χ4n) is 1.61. The summed E-state index contributed by atoms with van der Waals surface area (Å²) in [6.07, 6.45) is 0.296. The van der Waals surface area contributed by atoms with Crippen molar-refractivity contribution in [3.05, 3.63) is 47.8 Å². The molecule has 0 aliphatic carbocycles. The molecule has 0 atom stereocenters. The van der Waals surface area contributed by atoms with Crippen LogP contribution in [0.25, 0.3) is 0 Å². The molecule has 2 rings (SSSR count). The summed E-state index contributed by atoms with van der Waals surface area (Å²) in [7, 11) is 0. The van der Waals surface area contributed by atoms with Crippen LogP contribution in [0.4, 0.5) is 23.2 Å². The van der Waals surface area contributed by atoms with Gasteiger partial charge >= 0.3 is 0 Å². The van der Waals surface area contributed by atoms with E-state index in [0.717, 1.165) is 10.7 Å². The van der Waals surface area contributed by atoms with Crippen LogP contribution in [-0.2, 0) is 13.1 Å². The fraction of sp³-hybridized carbons (Fsp3) is 0.250. The third kappa shape index (κ3) is 4.73. The maximum atomic E-state index is 12.9. The van der Waals surface area contributed by atoms with Crippen molar-refractivity contribution in [3.8, 4) is 0 Å². The molecule has 0 amide bonds.